The second-order valence-corrected chi connectivity index (χ2v) is 7.79. The van der Waals surface area contributed by atoms with Crippen LogP contribution in [0.25, 0.3) is 0 Å². The van der Waals surface area contributed by atoms with Crippen LogP contribution >= 0.6 is 12.4 Å². The monoisotopic (exact) mass is 350 g/mol. The Labute approximate surface area is 149 Å². The van der Waals surface area contributed by atoms with Gasteiger partial charge in [0.1, 0.15) is 0 Å². The number of rotatable bonds is 12. The molecule has 0 radical (unpaired) electrons. The topological polar surface area (TPSA) is 55.3 Å². The van der Waals surface area contributed by atoms with Crippen molar-refractivity contribution in [3.63, 3.8) is 0 Å². The first-order chi connectivity index (χ1) is 10.2. The minimum Gasteiger partial charge on any atom is -0.220 e. The summed E-state index contributed by atoms with van der Waals surface area (Å²) in [7, 11) is 0. The maximum Gasteiger partial charge on any atom is 0.0218 e. The molecule has 0 saturated heterocycles. The van der Waals surface area contributed by atoms with Gasteiger partial charge in [0.05, 0.1) is 0 Å². The summed E-state index contributed by atoms with van der Waals surface area (Å²) in [6.07, 6.45) is 0. The van der Waals surface area contributed by atoms with E-state index in [-0.39, 0.29) is 12.4 Å². The average Bonchev–Trinajstić information content (AvgIpc) is 2.31. The van der Waals surface area contributed by atoms with E-state index in [4.69, 9.17) is 0 Å². The molecule has 0 aliphatic heterocycles. The SMILES string of the molecule is CC(C)CN(CC(C)C)N/N=N/NN(CC(C)C)CC(C)C.Cl. The highest BCUT2D eigenvalue weighted by Gasteiger charge is 2.09. The molecule has 0 fully saturated rings. The fourth-order valence-corrected chi connectivity index (χ4v) is 2.25. The lowest BCUT2D eigenvalue weighted by Gasteiger charge is -2.25. The Bertz CT molecular complexity index is 246. The summed E-state index contributed by atoms with van der Waals surface area (Å²) < 4.78 is 0. The van der Waals surface area contributed by atoms with Gasteiger partial charge in [-0.1, -0.05) is 55.4 Å². The highest BCUT2D eigenvalue weighted by atomic mass is 35.5. The van der Waals surface area contributed by atoms with Gasteiger partial charge in [0, 0.05) is 26.2 Å². The van der Waals surface area contributed by atoms with Crippen LogP contribution in [0, 0.1) is 23.7 Å². The summed E-state index contributed by atoms with van der Waals surface area (Å²) in [4.78, 5) is 0. The highest BCUT2D eigenvalue weighted by Crippen LogP contribution is 2.02. The molecule has 0 saturated carbocycles. The number of hydrogen-bond donors (Lipinski definition) is 2. The number of nitrogens with one attached hydrogen (secondary N) is 2. The third kappa shape index (κ3) is 16.1. The van der Waals surface area contributed by atoms with Crippen LogP contribution in [-0.2, 0) is 0 Å². The first kappa shape index (κ1) is 24.7. The summed E-state index contributed by atoms with van der Waals surface area (Å²) in [5, 5.41) is 12.4. The Morgan fingerprint density at radius 2 is 0.783 bits per heavy atom. The van der Waals surface area contributed by atoms with Crippen molar-refractivity contribution in [2.75, 3.05) is 26.2 Å². The van der Waals surface area contributed by atoms with E-state index in [9.17, 15) is 0 Å². The van der Waals surface area contributed by atoms with E-state index >= 15 is 0 Å². The normalized spacial score (nSPS) is 12.3. The second-order valence-electron chi connectivity index (χ2n) is 7.79. The Hall–Kier alpha value is -0.590. The first-order valence-corrected chi connectivity index (χ1v) is 8.61. The molecule has 140 valence electrons. The minimum atomic E-state index is 0. The van der Waals surface area contributed by atoms with Gasteiger partial charge in [0.25, 0.3) is 0 Å². The van der Waals surface area contributed by atoms with E-state index in [1.165, 1.54) is 0 Å². The van der Waals surface area contributed by atoms with E-state index in [2.05, 4.69) is 86.9 Å². The molecule has 6 nitrogen and oxygen atoms in total. The molecule has 0 aromatic heterocycles. The van der Waals surface area contributed by atoms with E-state index in [1.807, 2.05) is 0 Å². The second kappa shape index (κ2) is 13.8. The molecule has 0 aromatic rings. The van der Waals surface area contributed by atoms with Crippen LogP contribution in [0.2, 0.25) is 0 Å². The number of halogens is 1. The molecule has 0 spiro atoms. The molecule has 0 bridgehead atoms. The Morgan fingerprint density at radius 1 is 0.565 bits per heavy atom. The van der Waals surface area contributed by atoms with Gasteiger partial charge in [-0.25, -0.2) is 21.1 Å². The van der Waals surface area contributed by atoms with Crippen molar-refractivity contribution in [1.82, 2.24) is 21.1 Å². The number of nitrogens with zero attached hydrogens (tertiary/aromatic N) is 4. The predicted octanol–water partition coefficient (Wildman–Crippen LogP) is 3.93. The van der Waals surface area contributed by atoms with Crippen LogP contribution < -0.4 is 11.1 Å². The first-order valence-electron chi connectivity index (χ1n) is 8.61. The van der Waals surface area contributed by atoms with Crippen LogP contribution in [0.4, 0.5) is 0 Å². The van der Waals surface area contributed by atoms with Gasteiger partial charge in [0.15, 0.2) is 0 Å². The molecule has 0 aliphatic carbocycles. The predicted molar refractivity (Wildman–Crippen MR) is 101 cm³/mol. The van der Waals surface area contributed by atoms with Crippen molar-refractivity contribution >= 4 is 12.4 Å². The van der Waals surface area contributed by atoms with Gasteiger partial charge in [0.2, 0.25) is 0 Å². The van der Waals surface area contributed by atoms with Crippen molar-refractivity contribution in [2.24, 2.45) is 34.1 Å². The molecular formula is C16H39ClN6. The van der Waals surface area contributed by atoms with Crippen molar-refractivity contribution in [1.29, 1.82) is 0 Å². The van der Waals surface area contributed by atoms with Crippen LogP contribution in [0.15, 0.2) is 10.4 Å². The zero-order valence-corrected chi connectivity index (χ0v) is 17.2. The molecular weight excluding hydrogens is 312 g/mol. The molecule has 0 rings (SSSR count). The molecule has 0 unspecified atom stereocenters. The molecule has 0 heterocycles. The Balaban J connectivity index is 0. The fourth-order valence-electron chi connectivity index (χ4n) is 2.25. The molecule has 0 aliphatic rings. The van der Waals surface area contributed by atoms with Crippen LogP contribution in [-0.4, -0.2) is 36.2 Å². The maximum atomic E-state index is 4.08. The summed E-state index contributed by atoms with van der Waals surface area (Å²) in [6, 6.07) is 0. The molecule has 0 atom stereocenters. The quantitative estimate of drug-likeness (QED) is 0.413. The lowest BCUT2D eigenvalue weighted by molar-refractivity contribution is 0.119. The summed E-state index contributed by atoms with van der Waals surface area (Å²) in [5.74, 6) is 2.36. The van der Waals surface area contributed by atoms with Crippen LogP contribution in [0.1, 0.15) is 55.4 Å². The van der Waals surface area contributed by atoms with Crippen molar-refractivity contribution in [2.45, 2.75) is 55.4 Å². The van der Waals surface area contributed by atoms with E-state index < -0.39 is 0 Å². The van der Waals surface area contributed by atoms with Crippen molar-refractivity contribution in [3.8, 4) is 0 Å². The highest BCUT2D eigenvalue weighted by molar-refractivity contribution is 5.85. The lowest BCUT2D eigenvalue weighted by atomic mass is 10.2. The van der Waals surface area contributed by atoms with Gasteiger partial charge in [-0.05, 0) is 34.1 Å². The molecule has 2 N–H and O–H groups in total. The fraction of sp³-hybridized carbons (Fsp3) is 1.00. The van der Waals surface area contributed by atoms with Gasteiger partial charge < -0.3 is 0 Å². The summed E-state index contributed by atoms with van der Waals surface area (Å²) in [6.45, 7) is 21.5. The Morgan fingerprint density at radius 3 is 0.957 bits per heavy atom. The van der Waals surface area contributed by atoms with Gasteiger partial charge >= 0.3 is 0 Å². The van der Waals surface area contributed by atoms with Gasteiger partial charge in [-0.2, -0.15) is 0 Å². The molecule has 23 heavy (non-hydrogen) atoms. The average molecular weight is 351 g/mol. The van der Waals surface area contributed by atoms with Gasteiger partial charge in [-0.15, -0.1) is 12.4 Å². The standard InChI is InChI=1S/C16H38N6.ClH/c1-13(2)9-21(10-14(3)4)19-17-18-20-22(11-15(5)6)12-16(7)8;/h13-16H,9-12H2,1-8H3,(H,18,19)(H,17,20);1H. The van der Waals surface area contributed by atoms with E-state index in [1.54, 1.807) is 0 Å². The zero-order valence-electron chi connectivity index (χ0n) is 16.3. The van der Waals surface area contributed by atoms with E-state index in [0.29, 0.717) is 23.7 Å². The maximum absolute atomic E-state index is 4.08. The lowest BCUT2D eigenvalue weighted by Crippen LogP contribution is -2.42. The van der Waals surface area contributed by atoms with Crippen molar-refractivity contribution < 1.29 is 0 Å². The van der Waals surface area contributed by atoms with E-state index in [0.717, 1.165) is 26.2 Å². The number of hydrogen-bond acceptors (Lipinski definition) is 4. The molecule has 0 aromatic carbocycles. The van der Waals surface area contributed by atoms with Gasteiger partial charge in [-0.3, -0.25) is 0 Å². The summed E-state index contributed by atoms with van der Waals surface area (Å²) in [5.41, 5.74) is 6.09. The number of hydrazine groups is 2. The van der Waals surface area contributed by atoms with Crippen molar-refractivity contribution in [3.05, 3.63) is 0 Å². The summed E-state index contributed by atoms with van der Waals surface area (Å²) >= 11 is 0. The van der Waals surface area contributed by atoms with Crippen LogP contribution in [0.3, 0.4) is 0 Å². The smallest absolute Gasteiger partial charge is 0.0218 e. The molecule has 7 heteroatoms. The van der Waals surface area contributed by atoms with Crippen LogP contribution in [0.5, 0.6) is 0 Å². The Kier molecular flexibility index (Phi) is 14.8. The third-order valence-corrected chi connectivity index (χ3v) is 2.76. The zero-order chi connectivity index (χ0) is 17.1. The largest absolute Gasteiger partial charge is 0.220 e. The minimum absolute atomic E-state index is 0. The third-order valence-electron chi connectivity index (χ3n) is 2.76. The molecule has 0 amide bonds.